The highest BCUT2D eigenvalue weighted by atomic mass is 16.5. The molecular formula is C19H22N2O3. The number of pyridine rings is 1. The quantitative estimate of drug-likeness (QED) is 0.731. The largest absolute Gasteiger partial charge is 0.489 e. The van der Waals surface area contributed by atoms with Gasteiger partial charge in [0, 0.05) is 37.2 Å². The van der Waals surface area contributed by atoms with Gasteiger partial charge >= 0.3 is 0 Å². The number of ether oxygens (including phenoxy) is 1. The molecule has 0 aliphatic carbocycles. The number of hydrogen-bond donors (Lipinski definition) is 2. The Hall–Kier alpha value is -2.66. The van der Waals surface area contributed by atoms with Crippen LogP contribution in [0.15, 0.2) is 54.9 Å². The molecule has 1 heterocycles. The Morgan fingerprint density at radius 2 is 2.12 bits per heavy atom. The summed E-state index contributed by atoms with van der Waals surface area (Å²) < 4.78 is 5.68. The predicted molar refractivity (Wildman–Crippen MR) is 93.3 cm³/mol. The van der Waals surface area contributed by atoms with Crippen LogP contribution in [-0.2, 0) is 11.4 Å². The molecule has 1 aromatic heterocycles. The average molecular weight is 326 g/mol. The molecule has 2 N–H and O–H groups in total. The Kier molecular flexibility index (Phi) is 6.98. The van der Waals surface area contributed by atoms with Crippen molar-refractivity contribution < 1.29 is 14.6 Å². The summed E-state index contributed by atoms with van der Waals surface area (Å²) >= 11 is 0. The van der Waals surface area contributed by atoms with Crippen molar-refractivity contribution in [2.24, 2.45) is 5.92 Å². The van der Waals surface area contributed by atoms with Gasteiger partial charge in [-0.15, -0.1) is 0 Å². The van der Waals surface area contributed by atoms with E-state index in [0.29, 0.717) is 13.2 Å². The lowest BCUT2D eigenvalue weighted by Gasteiger charge is -2.07. The summed E-state index contributed by atoms with van der Waals surface area (Å²) in [6.45, 7) is 2.86. The number of aromatic nitrogens is 1. The van der Waals surface area contributed by atoms with Crippen LogP contribution < -0.4 is 10.1 Å². The first-order valence-corrected chi connectivity index (χ1v) is 7.86. The summed E-state index contributed by atoms with van der Waals surface area (Å²) in [5.41, 5.74) is 1.92. The maximum absolute atomic E-state index is 11.7. The van der Waals surface area contributed by atoms with Crippen LogP contribution >= 0.6 is 0 Å². The monoisotopic (exact) mass is 326 g/mol. The summed E-state index contributed by atoms with van der Waals surface area (Å²) in [6.07, 6.45) is 6.72. The normalized spacial score (nSPS) is 12.1. The smallest absolute Gasteiger partial charge is 0.244 e. The minimum absolute atomic E-state index is 0.0543. The standard InChI is InChI=1S/C19H22N2O3/c1-15(13-22)11-21-19(23)9-6-16-4-7-18(8-5-16)24-14-17-3-2-10-20-12-17/h2-10,12,15,22H,11,13-14H2,1H3,(H,21,23)/b9-6+. The molecule has 0 aliphatic heterocycles. The van der Waals surface area contributed by atoms with Gasteiger partial charge in [-0.25, -0.2) is 0 Å². The molecule has 5 heteroatoms. The van der Waals surface area contributed by atoms with Crippen LogP contribution in [0.5, 0.6) is 5.75 Å². The summed E-state index contributed by atoms with van der Waals surface area (Å²) in [5, 5.41) is 11.7. The molecule has 1 atom stereocenters. The average Bonchev–Trinajstić information content (AvgIpc) is 2.64. The Balaban J connectivity index is 1.81. The van der Waals surface area contributed by atoms with Crippen molar-refractivity contribution in [1.29, 1.82) is 0 Å². The summed E-state index contributed by atoms with van der Waals surface area (Å²) in [4.78, 5) is 15.7. The minimum Gasteiger partial charge on any atom is -0.489 e. The van der Waals surface area contributed by atoms with Crippen LogP contribution in [0.3, 0.4) is 0 Å². The van der Waals surface area contributed by atoms with E-state index in [1.165, 1.54) is 6.08 Å². The molecule has 2 rings (SSSR count). The fourth-order valence-corrected chi connectivity index (χ4v) is 1.90. The highest BCUT2D eigenvalue weighted by molar-refractivity contribution is 5.91. The van der Waals surface area contributed by atoms with Crippen LogP contribution in [0.1, 0.15) is 18.1 Å². The third kappa shape index (κ3) is 6.22. The van der Waals surface area contributed by atoms with E-state index in [1.54, 1.807) is 18.5 Å². The molecule has 0 radical (unpaired) electrons. The second kappa shape index (κ2) is 9.47. The summed E-state index contributed by atoms with van der Waals surface area (Å²) in [7, 11) is 0. The van der Waals surface area contributed by atoms with E-state index in [0.717, 1.165) is 16.9 Å². The van der Waals surface area contributed by atoms with Crippen molar-refractivity contribution >= 4 is 12.0 Å². The molecule has 0 aliphatic rings. The van der Waals surface area contributed by atoms with Crippen LogP contribution in [0, 0.1) is 5.92 Å². The zero-order chi connectivity index (χ0) is 17.2. The van der Waals surface area contributed by atoms with Crippen molar-refractivity contribution in [1.82, 2.24) is 10.3 Å². The van der Waals surface area contributed by atoms with Gasteiger partial charge < -0.3 is 15.2 Å². The molecule has 1 aromatic carbocycles. The highest BCUT2D eigenvalue weighted by Crippen LogP contribution is 2.14. The summed E-state index contributed by atoms with van der Waals surface area (Å²) in [5.74, 6) is 0.642. The molecule has 5 nitrogen and oxygen atoms in total. The van der Waals surface area contributed by atoms with Gasteiger partial charge in [0.1, 0.15) is 12.4 Å². The van der Waals surface area contributed by atoms with E-state index >= 15 is 0 Å². The zero-order valence-corrected chi connectivity index (χ0v) is 13.7. The molecule has 0 bridgehead atoms. The molecular weight excluding hydrogens is 304 g/mol. The zero-order valence-electron chi connectivity index (χ0n) is 13.7. The Morgan fingerprint density at radius 3 is 2.79 bits per heavy atom. The van der Waals surface area contributed by atoms with Gasteiger partial charge in [0.15, 0.2) is 0 Å². The number of carbonyl (C=O) groups excluding carboxylic acids is 1. The molecule has 0 spiro atoms. The van der Waals surface area contributed by atoms with E-state index in [1.807, 2.05) is 43.3 Å². The molecule has 1 amide bonds. The van der Waals surface area contributed by atoms with Gasteiger partial charge in [0.25, 0.3) is 0 Å². The number of amides is 1. The van der Waals surface area contributed by atoms with E-state index in [2.05, 4.69) is 10.3 Å². The fraction of sp³-hybridized carbons (Fsp3) is 0.263. The van der Waals surface area contributed by atoms with Crippen LogP contribution in [0.4, 0.5) is 0 Å². The third-order valence-electron chi connectivity index (χ3n) is 3.37. The van der Waals surface area contributed by atoms with E-state index < -0.39 is 0 Å². The number of carbonyl (C=O) groups is 1. The molecule has 0 fully saturated rings. The number of aliphatic hydroxyl groups excluding tert-OH is 1. The lowest BCUT2D eigenvalue weighted by atomic mass is 10.2. The lowest BCUT2D eigenvalue weighted by molar-refractivity contribution is -0.116. The molecule has 0 saturated heterocycles. The van der Waals surface area contributed by atoms with Gasteiger partial charge in [0.2, 0.25) is 5.91 Å². The first kappa shape index (κ1) is 17.7. The van der Waals surface area contributed by atoms with Crippen LogP contribution in [-0.4, -0.2) is 29.1 Å². The van der Waals surface area contributed by atoms with Gasteiger partial charge in [-0.3, -0.25) is 9.78 Å². The number of benzene rings is 1. The van der Waals surface area contributed by atoms with Crippen molar-refractivity contribution in [2.75, 3.05) is 13.2 Å². The Bertz CT molecular complexity index is 654. The maximum Gasteiger partial charge on any atom is 0.244 e. The maximum atomic E-state index is 11.7. The third-order valence-corrected chi connectivity index (χ3v) is 3.37. The van der Waals surface area contributed by atoms with E-state index in [4.69, 9.17) is 9.84 Å². The highest BCUT2D eigenvalue weighted by Gasteiger charge is 2.01. The molecule has 1 unspecified atom stereocenters. The Labute approximate surface area is 142 Å². The van der Waals surface area contributed by atoms with Crippen LogP contribution in [0.25, 0.3) is 6.08 Å². The number of hydrogen-bond acceptors (Lipinski definition) is 4. The molecule has 24 heavy (non-hydrogen) atoms. The van der Waals surface area contributed by atoms with Gasteiger partial charge in [0.05, 0.1) is 0 Å². The van der Waals surface area contributed by atoms with E-state index in [9.17, 15) is 4.79 Å². The number of nitrogens with one attached hydrogen (secondary N) is 1. The van der Waals surface area contributed by atoms with E-state index in [-0.39, 0.29) is 18.4 Å². The first-order valence-electron chi connectivity index (χ1n) is 7.86. The van der Waals surface area contributed by atoms with Crippen molar-refractivity contribution in [3.8, 4) is 5.75 Å². The molecule has 126 valence electrons. The number of nitrogens with zero attached hydrogens (tertiary/aromatic N) is 1. The first-order chi connectivity index (χ1) is 11.7. The van der Waals surface area contributed by atoms with Crippen molar-refractivity contribution in [3.63, 3.8) is 0 Å². The van der Waals surface area contributed by atoms with Crippen molar-refractivity contribution in [2.45, 2.75) is 13.5 Å². The predicted octanol–water partition coefficient (Wildman–Crippen LogP) is 2.42. The minimum atomic E-state index is -0.174. The van der Waals surface area contributed by atoms with Crippen LogP contribution in [0.2, 0.25) is 0 Å². The number of aliphatic hydroxyl groups is 1. The second-order valence-electron chi connectivity index (χ2n) is 5.59. The fourth-order valence-electron chi connectivity index (χ4n) is 1.90. The van der Waals surface area contributed by atoms with Crippen molar-refractivity contribution in [3.05, 3.63) is 66.0 Å². The second-order valence-corrected chi connectivity index (χ2v) is 5.59. The lowest BCUT2D eigenvalue weighted by Crippen LogP contribution is -2.27. The van der Waals surface area contributed by atoms with Gasteiger partial charge in [-0.05, 0) is 35.8 Å². The Morgan fingerprint density at radius 1 is 1.33 bits per heavy atom. The molecule has 2 aromatic rings. The molecule has 0 saturated carbocycles. The topological polar surface area (TPSA) is 71.5 Å². The number of rotatable bonds is 8. The summed E-state index contributed by atoms with van der Waals surface area (Å²) in [6, 6.07) is 11.3. The van der Waals surface area contributed by atoms with Gasteiger partial charge in [-0.2, -0.15) is 0 Å². The SMILES string of the molecule is CC(CO)CNC(=O)/C=C/c1ccc(OCc2cccnc2)cc1. The van der Waals surface area contributed by atoms with Gasteiger partial charge in [-0.1, -0.05) is 25.1 Å².